The molecule has 0 saturated heterocycles. The molecule has 0 atom stereocenters. The summed E-state index contributed by atoms with van der Waals surface area (Å²) in [6.07, 6.45) is 3.63. The minimum absolute atomic E-state index is 0.766. The molecule has 0 aromatic heterocycles. The standard InChI is InChI=1S/C10H14.C6H13Cl.C2H6/c1-9(2)8-10-6-4-3-5-7-10;1-6(2)4-3-5-7;1-2/h3-7,9H,8H2,1-2H3;6H,3-5H2,1-2H3;1-2H3. The molecule has 0 nitrogen and oxygen atoms in total. The number of hydrogen-bond donors (Lipinski definition) is 0. The Balaban J connectivity index is 0. The first-order valence-electron chi connectivity index (χ1n) is 7.66. The second kappa shape index (κ2) is 15.6. The van der Waals surface area contributed by atoms with Gasteiger partial charge in [-0.15, -0.1) is 11.6 Å². The van der Waals surface area contributed by atoms with Crippen molar-refractivity contribution >= 4 is 11.6 Å². The van der Waals surface area contributed by atoms with Crippen LogP contribution in [0.5, 0.6) is 0 Å². The van der Waals surface area contributed by atoms with E-state index >= 15 is 0 Å². The van der Waals surface area contributed by atoms with Crippen LogP contribution in [0.25, 0.3) is 0 Å². The third-order valence-corrected chi connectivity index (χ3v) is 2.67. The molecule has 0 radical (unpaired) electrons. The van der Waals surface area contributed by atoms with E-state index in [1.165, 1.54) is 24.8 Å². The smallest absolute Gasteiger partial charge is 0.0223 e. The van der Waals surface area contributed by atoms with Crippen molar-refractivity contribution in [2.75, 3.05) is 5.88 Å². The molecule has 112 valence electrons. The van der Waals surface area contributed by atoms with Gasteiger partial charge in [-0.25, -0.2) is 0 Å². The Kier molecular flexibility index (Phi) is 17.1. The van der Waals surface area contributed by atoms with Gasteiger partial charge in [0.25, 0.3) is 0 Å². The molecule has 0 saturated carbocycles. The molecule has 0 unspecified atom stereocenters. The molecule has 1 aromatic rings. The lowest BCUT2D eigenvalue weighted by molar-refractivity contribution is 0.578. The molecule has 1 heteroatoms. The molecule has 1 aromatic carbocycles. The zero-order chi connectivity index (χ0) is 15.1. The van der Waals surface area contributed by atoms with E-state index in [9.17, 15) is 0 Å². The monoisotopic (exact) mass is 284 g/mol. The van der Waals surface area contributed by atoms with Gasteiger partial charge >= 0.3 is 0 Å². The fourth-order valence-electron chi connectivity index (χ4n) is 1.57. The Morgan fingerprint density at radius 3 is 1.74 bits per heavy atom. The molecule has 0 aliphatic heterocycles. The highest BCUT2D eigenvalue weighted by molar-refractivity contribution is 6.17. The van der Waals surface area contributed by atoms with E-state index in [2.05, 4.69) is 58.0 Å². The lowest BCUT2D eigenvalue weighted by Crippen LogP contribution is -1.92. The Hall–Kier alpha value is -0.490. The van der Waals surface area contributed by atoms with E-state index in [0.717, 1.165) is 17.7 Å². The lowest BCUT2D eigenvalue weighted by Gasteiger charge is -2.02. The minimum atomic E-state index is 0.766. The first kappa shape index (κ1) is 20.8. The molecule has 0 amide bonds. The minimum Gasteiger partial charge on any atom is -0.127 e. The predicted octanol–water partition coefficient (Wildman–Crippen LogP) is 6.57. The predicted molar refractivity (Wildman–Crippen MR) is 91.1 cm³/mol. The Morgan fingerprint density at radius 1 is 0.895 bits per heavy atom. The van der Waals surface area contributed by atoms with Crippen molar-refractivity contribution in [2.24, 2.45) is 11.8 Å². The maximum Gasteiger partial charge on any atom is 0.0223 e. The Bertz CT molecular complexity index is 252. The second-order valence-corrected chi connectivity index (χ2v) is 5.69. The van der Waals surface area contributed by atoms with Gasteiger partial charge in [0.05, 0.1) is 0 Å². The van der Waals surface area contributed by atoms with Crippen LogP contribution in [0.15, 0.2) is 30.3 Å². The summed E-state index contributed by atoms with van der Waals surface area (Å²) in [5.74, 6) is 2.40. The molecular formula is C18H33Cl. The SMILES string of the molecule is CC.CC(C)CCCCl.CC(C)Cc1ccccc1. The number of rotatable bonds is 5. The topological polar surface area (TPSA) is 0 Å². The molecule has 0 fully saturated rings. The van der Waals surface area contributed by atoms with Gasteiger partial charge in [0.15, 0.2) is 0 Å². The van der Waals surface area contributed by atoms with Crippen LogP contribution in [0, 0.1) is 11.8 Å². The van der Waals surface area contributed by atoms with Gasteiger partial charge in [0.2, 0.25) is 0 Å². The van der Waals surface area contributed by atoms with Crippen LogP contribution >= 0.6 is 11.6 Å². The summed E-state index contributed by atoms with van der Waals surface area (Å²) in [5.41, 5.74) is 1.44. The highest BCUT2D eigenvalue weighted by atomic mass is 35.5. The number of benzene rings is 1. The average Bonchev–Trinajstić information content (AvgIpc) is 2.40. The largest absolute Gasteiger partial charge is 0.127 e. The van der Waals surface area contributed by atoms with Crippen molar-refractivity contribution in [3.05, 3.63) is 35.9 Å². The van der Waals surface area contributed by atoms with Crippen molar-refractivity contribution in [1.82, 2.24) is 0 Å². The van der Waals surface area contributed by atoms with Crippen molar-refractivity contribution in [1.29, 1.82) is 0 Å². The molecule has 0 spiro atoms. The first-order chi connectivity index (χ1) is 9.06. The molecule has 1 rings (SSSR count). The van der Waals surface area contributed by atoms with Crippen LogP contribution in [0.3, 0.4) is 0 Å². The summed E-state index contributed by atoms with van der Waals surface area (Å²) in [6.45, 7) is 12.9. The molecule has 0 aliphatic carbocycles. The number of halogens is 1. The van der Waals surface area contributed by atoms with E-state index in [-0.39, 0.29) is 0 Å². The summed E-state index contributed by atoms with van der Waals surface area (Å²) in [7, 11) is 0. The van der Waals surface area contributed by atoms with E-state index in [4.69, 9.17) is 11.6 Å². The van der Waals surface area contributed by atoms with E-state index in [0.29, 0.717) is 0 Å². The van der Waals surface area contributed by atoms with Gasteiger partial charge in [-0.1, -0.05) is 71.9 Å². The van der Waals surface area contributed by atoms with Crippen molar-refractivity contribution in [3.8, 4) is 0 Å². The zero-order valence-corrected chi connectivity index (χ0v) is 14.5. The molecule has 0 aliphatic rings. The number of hydrogen-bond acceptors (Lipinski definition) is 0. The Labute approximate surface area is 126 Å². The summed E-state index contributed by atoms with van der Waals surface area (Å²) in [4.78, 5) is 0. The van der Waals surface area contributed by atoms with Crippen molar-refractivity contribution in [2.45, 2.75) is 60.8 Å². The third-order valence-electron chi connectivity index (χ3n) is 2.40. The Morgan fingerprint density at radius 2 is 1.42 bits per heavy atom. The first-order valence-corrected chi connectivity index (χ1v) is 8.19. The summed E-state index contributed by atoms with van der Waals surface area (Å²) >= 11 is 5.45. The maximum atomic E-state index is 5.45. The van der Waals surface area contributed by atoms with Gasteiger partial charge in [-0.05, 0) is 36.7 Å². The lowest BCUT2D eigenvalue weighted by atomic mass is 10.0. The van der Waals surface area contributed by atoms with Gasteiger partial charge < -0.3 is 0 Å². The van der Waals surface area contributed by atoms with Gasteiger partial charge in [-0.2, -0.15) is 0 Å². The van der Waals surface area contributed by atoms with Gasteiger partial charge in [0.1, 0.15) is 0 Å². The van der Waals surface area contributed by atoms with Crippen LogP contribution in [-0.2, 0) is 6.42 Å². The summed E-state index contributed by atoms with van der Waals surface area (Å²) in [5, 5.41) is 0. The fourth-order valence-corrected chi connectivity index (χ4v) is 1.73. The maximum absolute atomic E-state index is 5.45. The highest BCUT2D eigenvalue weighted by Gasteiger charge is 1.94. The molecule has 0 N–H and O–H groups in total. The van der Waals surface area contributed by atoms with Crippen LogP contribution in [0.2, 0.25) is 0 Å². The summed E-state index contributed by atoms with van der Waals surface area (Å²) < 4.78 is 0. The second-order valence-electron chi connectivity index (χ2n) is 5.31. The summed E-state index contributed by atoms with van der Waals surface area (Å²) in [6, 6.07) is 10.6. The van der Waals surface area contributed by atoms with Crippen LogP contribution in [-0.4, -0.2) is 5.88 Å². The van der Waals surface area contributed by atoms with Crippen LogP contribution in [0.4, 0.5) is 0 Å². The van der Waals surface area contributed by atoms with Crippen molar-refractivity contribution in [3.63, 3.8) is 0 Å². The van der Waals surface area contributed by atoms with E-state index < -0.39 is 0 Å². The molecule has 19 heavy (non-hydrogen) atoms. The fraction of sp³-hybridized carbons (Fsp3) is 0.667. The quantitative estimate of drug-likeness (QED) is 0.536. The van der Waals surface area contributed by atoms with E-state index in [1.807, 2.05) is 13.8 Å². The molecule has 0 heterocycles. The molecular weight excluding hydrogens is 252 g/mol. The van der Waals surface area contributed by atoms with Gasteiger partial charge in [0, 0.05) is 5.88 Å². The van der Waals surface area contributed by atoms with Crippen LogP contribution in [0.1, 0.15) is 59.9 Å². The van der Waals surface area contributed by atoms with Gasteiger partial charge in [-0.3, -0.25) is 0 Å². The van der Waals surface area contributed by atoms with Crippen LogP contribution < -0.4 is 0 Å². The molecule has 0 bridgehead atoms. The third kappa shape index (κ3) is 17.5. The van der Waals surface area contributed by atoms with Crippen molar-refractivity contribution < 1.29 is 0 Å². The zero-order valence-electron chi connectivity index (χ0n) is 13.7. The van der Waals surface area contributed by atoms with E-state index in [1.54, 1.807) is 0 Å². The highest BCUT2D eigenvalue weighted by Crippen LogP contribution is 2.06. The average molecular weight is 285 g/mol. The number of alkyl halides is 1. The normalized spacial score (nSPS) is 9.53.